The monoisotopic (exact) mass is 454 g/mol. The van der Waals surface area contributed by atoms with E-state index in [1.54, 1.807) is 18.2 Å². The summed E-state index contributed by atoms with van der Waals surface area (Å²) in [6.07, 6.45) is -1.08. The number of carboxylic acid groups (broad SMARTS) is 1. The van der Waals surface area contributed by atoms with Crippen LogP contribution in [0, 0.1) is 23.0 Å². The molecule has 0 amide bonds. The lowest BCUT2D eigenvalue weighted by molar-refractivity contribution is -0.144. The normalized spacial score (nSPS) is 11.3. The Bertz CT molecular complexity index is 1210. The molecule has 0 spiro atoms. The molecule has 1 atom stereocenters. The lowest BCUT2D eigenvalue weighted by atomic mass is 10.2. The van der Waals surface area contributed by atoms with E-state index in [0.29, 0.717) is 0 Å². The van der Waals surface area contributed by atoms with E-state index < -0.39 is 35.4 Å². The Labute approximate surface area is 188 Å². The molecule has 170 valence electrons. The second-order valence-corrected chi connectivity index (χ2v) is 7.13. The predicted octanol–water partition coefficient (Wildman–Crippen LogP) is 4.02. The molecule has 0 aliphatic carbocycles. The van der Waals surface area contributed by atoms with E-state index in [0.717, 1.165) is 23.8 Å². The van der Waals surface area contributed by atoms with E-state index in [9.17, 15) is 14.3 Å². The van der Waals surface area contributed by atoms with Gasteiger partial charge in [-0.05, 0) is 30.3 Å². The van der Waals surface area contributed by atoms with Gasteiger partial charge in [0.1, 0.15) is 17.2 Å². The first kappa shape index (κ1) is 23.3. The van der Waals surface area contributed by atoms with Crippen LogP contribution in [0.2, 0.25) is 0 Å². The molecule has 2 aromatic carbocycles. The van der Waals surface area contributed by atoms with Crippen molar-refractivity contribution in [2.45, 2.75) is 6.23 Å². The third kappa shape index (κ3) is 5.27. The first-order valence-corrected chi connectivity index (χ1v) is 9.63. The number of nitrogens with zero attached hydrogens (tertiary/aromatic N) is 4. The largest absolute Gasteiger partial charge is 0.477 e. The summed E-state index contributed by atoms with van der Waals surface area (Å²) in [5.41, 5.74) is 0.315. The summed E-state index contributed by atoms with van der Waals surface area (Å²) in [6.45, 7) is 0. The number of nitriles is 1. The van der Waals surface area contributed by atoms with Gasteiger partial charge >= 0.3 is 5.97 Å². The summed E-state index contributed by atoms with van der Waals surface area (Å²) in [4.78, 5) is 18.1. The Kier molecular flexibility index (Phi) is 6.93. The molecule has 0 saturated carbocycles. The molecule has 1 unspecified atom stereocenters. The van der Waals surface area contributed by atoms with Gasteiger partial charge in [-0.1, -0.05) is 12.1 Å². The maximum absolute atomic E-state index is 15.2. The van der Waals surface area contributed by atoms with Crippen molar-refractivity contribution in [3.63, 3.8) is 0 Å². The maximum atomic E-state index is 15.2. The quantitative estimate of drug-likeness (QED) is 0.510. The lowest BCUT2D eigenvalue weighted by Crippen LogP contribution is -2.44. The highest BCUT2D eigenvalue weighted by Crippen LogP contribution is 2.33. The number of carboxylic acids is 1. The third-order valence-electron chi connectivity index (χ3n) is 4.59. The molecule has 0 bridgehead atoms. The van der Waals surface area contributed by atoms with Crippen LogP contribution >= 0.6 is 0 Å². The molecule has 8 nitrogen and oxygen atoms in total. The minimum absolute atomic E-state index is 0.0418. The van der Waals surface area contributed by atoms with Crippen molar-refractivity contribution in [2.24, 2.45) is 0 Å². The standard InChI is InChI=1S/C23H20F2N4O4/c1-28(2)15-7-5-9-17(11-15)32-21-19(25)20(18(24)13-27-21)29(3)22(23(30)31)33-16-8-4-6-14(10-16)12-26/h4-11,13,22H,1-3H3,(H,30,31). The van der Waals surface area contributed by atoms with Crippen LogP contribution < -0.4 is 19.3 Å². The van der Waals surface area contributed by atoms with Crippen LogP contribution in [-0.4, -0.2) is 43.4 Å². The smallest absolute Gasteiger partial charge is 0.366 e. The highest BCUT2D eigenvalue weighted by Gasteiger charge is 2.31. The summed E-state index contributed by atoms with van der Waals surface area (Å²) in [6, 6.07) is 14.4. The van der Waals surface area contributed by atoms with Crippen molar-refractivity contribution >= 4 is 17.3 Å². The fraction of sp³-hybridized carbons (Fsp3) is 0.174. The van der Waals surface area contributed by atoms with Gasteiger partial charge in [0.05, 0.1) is 17.8 Å². The summed E-state index contributed by atoms with van der Waals surface area (Å²) in [5, 5.41) is 18.6. The van der Waals surface area contributed by atoms with Crippen molar-refractivity contribution in [3.05, 3.63) is 71.9 Å². The molecule has 33 heavy (non-hydrogen) atoms. The van der Waals surface area contributed by atoms with Crippen molar-refractivity contribution < 1.29 is 28.2 Å². The van der Waals surface area contributed by atoms with Crippen LogP contribution in [0.4, 0.5) is 20.2 Å². The van der Waals surface area contributed by atoms with Crippen molar-refractivity contribution in [2.75, 3.05) is 30.9 Å². The second kappa shape index (κ2) is 9.82. The predicted molar refractivity (Wildman–Crippen MR) is 117 cm³/mol. The first-order chi connectivity index (χ1) is 15.7. The zero-order chi connectivity index (χ0) is 24.1. The third-order valence-corrected chi connectivity index (χ3v) is 4.59. The van der Waals surface area contributed by atoms with E-state index in [1.807, 2.05) is 31.1 Å². The fourth-order valence-corrected chi connectivity index (χ4v) is 2.95. The van der Waals surface area contributed by atoms with Gasteiger partial charge in [-0.25, -0.2) is 14.2 Å². The van der Waals surface area contributed by atoms with Crippen molar-refractivity contribution in [1.82, 2.24) is 4.98 Å². The zero-order valence-corrected chi connectivity index (χ0v) is 18.0. The topological polar surface area (TPSA) is 98.9 Å². The number of carbonyl (C=O) groups is 1. The van der Waals surface area contributed by atoms with Gasteiger partial charge in [-0.2, -0.15) is 9.65 Å². The Hall–Kier alpha value is -4.39. The molecule has 3 aromatic rings. The van der Waals surface area contributed by atoms with E-state index in [4.69, 9.17) is 14.7 Å². The van der Waals surface area contributed by atoms with Gasteiger partial charge in [0, 0.05) is 32.9 Å². The van der Waals surface area contributed by atoms with Gasteiger partial charge in [-0.3, -0.25) is 0 Å². The Morgan fingerprint density at radius 3 is 2.48 bits per heavy atom. The number of aliphatic carboxylic acids is 1. The molecule has 0 fully saturated rings. The van der Waals surface area contributed by atoms with Crippen LogP contribution in [-0.2, 0) is 4.79 Å². The number of likely N-dealkylation sites (N-methyl/N-ethyl adjacent to an activating group) is 1. The molecule has 3 rings (SSSR count). The molecule has 1 heterocycles. The van der Waals surface area contributed by atoms with Gasteiger partial charge in [0.25, 0.3) is 12.1 Å². The van der Waals surface area contributed by atoms with Crippen LogP contribution in [0.3, 0.4) is 0 Å². The molecule has 0 aliphatic heterocycles. The minimum atomic E-state index is -1.81. The summed E-state index contributed by atoms with van der Waals surface area (Å²) < 4.78 is 40.7. The van der Waals surface area contributed by atoms with Crippen LogP contribution in [0.15, 0.2) is 54.7 Å². The van der Waals surface area contributed by atoms with Gasteiger partial charge in [0.15, 0.2) is 5.82 Å². The van der Waals surface area contributed by atoms with Gasteiger partial charge in [0.2, 0.25) is 5.82 Å². The van der Waals surface area contributed by atoms with Gasteiger partial charge < -0.3 is 24.4 Å². The highest BCUT2D eigenvalue weighted by atomic mass is 19.1. The number of hydrogen-bond donors (Lipinski definition) is 1. The molecule has 0 saturated heterocycles. The second-order valence-electron chi connectivity index (χ2n) is 7.13. The molecule has 0 radical (unpaired) electrons. The molecule has 1 aromatic heterocycles. The summed E-state index contributed by atoms with van der Waals surface area (Å²) in [7, 11) is 4.80. The number of anilines is 2. The number of hydrogen-bond acceptors (Lipinski definition) is 7. The SMILES string of the molecule is CN(C)c1cccc(Oc2ncc(F)c(N(C)C(Oc3cccc(C#N)c3)C(=O)O)c2F)c1. The molecule has 10 heteroatoms. The Morgan fingerprint density at radius 1 is 1.12 bits per heavy atom. The van der Waals surface area contributed by atoms with Crippen LogP contribution in [0.1, 0.15) is 5.56 Å². The zero-order valence-electron chi connectivity index (χ0n) is 18.0. The van der Waals surface area contributed by atoms with E-state index in [2.05, 4.69) is 4.98 Å². The van der Waals surface area contributed by atoms with E-state index >= 15 is 4.39 Å². The van der Waals surface area contributed by atoms with Crippen LogP contribution in [0.25, 0.3) is 0 Å². The first-order valence-electron chi connectivity index (χ1n) is 9.63. The average molecular weight is 454 g/mol. The average Bonchev–Trinajstić information content (AvgIpc) is 2.79. The summed E-state index contributed by atoms with van der Waals surface area (Å²) >= 11 is 0. The van der Waals surface area contributed by atoms with E-state index in [1.165, 1.54) is 24.3 Å². The molecule has 0 aliphatic rings. The van der Waals surface area contributed by atoms with Gasteiger partial charge in [-0.15, -0.1) is 0 Å². The lowest BCUT2D eigenvalue weighted by Gasteiger charge is -2.28. The number of halogens is 2. The molecular formula is C23H20F2N4O4. The number of aromatic nitrogens is 1. The highest BCUT2D eigenvalue weighted by molar-refractivity contribution is 5.77. The number of ether oxygens (including phenoxy) is 2. The molecular weight excluding hydrogens is 434 g/mol. The number of rotatable bonds is 8. The number of pyridine rings is 1. The Morgan fingerprint density at radius 2 is 1.82 bits per heavy atom. The van der Waals surface area contributed by atoms with E-state index in [-0.39, 0.29) is 17.1 Å². The van der Waals surface area contributed by atoms with Crippen molar-refractivity contribution in [1.29, 1.82) is 5.26 Å². The van der Waals surface area contributed by atoms with Crippen molar-refractivity contribution in [3.8, 4) is 23.4 Å². The maximum Gasteiger partial charge on any atom is 0.366 e. The molecule has 1 N–H and O–H groups in total. The fourth-order valence-electron chi connectivity index (χ4n) is 2.95. The number of benzene rings is 2. The van der Waals surface area contributed by atoms with Crippen LogP contribution in [0.5, 0.6) is 17.4 Å². The minimum Gasteiger partial charge on any atom is -0.477 e. The summed E-state index contributed by atoms with van der Waals surface area (Å²) in [5.74, 6) is -4.05. The Balaban J connectivity index is 1.94.